The van der Waals surface area contributed by atoms with Gasteiger partial charge in [-0.05, 0) is 6.07 Å². The number of benzene rings is 1. The lowest BCUT2D eigenvalue weighted by Gasteiger charge is -2.00. The molecule has 0 bridgehead atoms. The van der Waals surface area contributed by atoms with Gasteiger partial charge in [-0.15, -0.1) is 0 Å². The second kappa shape index (κ2) is 3.71. The third-order valence-corrected chi connectivity index (χ3v) is 2.41. The van der Waals surface area contributed by atoms with Crippen LogP contribution in [-0.4, -0.2) is 15.2 Å². The number of nitrogens with one attached hydrogen (secondary N) is 1. The van der Waals surface area contributed by atoms with E-state index >= 15 is 0 Å². The minimum atomic E-state index is -0.446. The molecule has 0 unspecified atom stereocenters. The van der Waals surface area contributed by atoms with Crippen LogP contribution in [0.25, 0.3) is 11.3 Å². The van der Waals surface area contributed by atoms with E-state index in [1.54, 1.807) is 0 Å². The summed E-state index contributed by atoms with van der Waals surface area (Å²) in [6.07, 6.45) is 1.52. The summed E-state index contributed by atoms with van der Waals surface area (Å²) in [7, 11) is 0. The topological polar surface area (TPSA) is 58.6 Å². The second-order valence-corrected chi connectivity index (χ2v) is 3.51. The van der Waals surface area contributed by atoms with Gasteiger partial charge in [0.05, 0.1) is 11.9 Å². The van der Waals surface area contributed by atoms with Crippen molar-refractivity contribution in [1.82, 2.24) is 15.2 Å². The molecule has 1 N–H and O–H groups in total. The maximum atomic E-state index is 10.9. The molecule has 1 aromatic carbocycles. The van der Waals surface area contributed by atoms with Gasteiger partial charge in [0.25, 0.3) is 0 Å². The lowest BCUT2D eigenvalue weighted by atomic mass is 10.2. The first-order chi connectivity index (χ1) is 6.77. The zero-order valence-corrected chi connectivity index (χ0v) is 8.65. The van der Waals surface area contributed by atoms with Crippen molar-refractivity contribution in [3.63, 3.8) is 0 Å². The van der Waals surface area contributed by atoms with Gasteiger partial charge in [-0.3, -0.25) is 0 Å². The van der Waals surface area contributed by atoms with Crippen LogP contribution < -0.4 is 5.69 Å². The first kappa shape index (κ1) is 9.08. The lowest BCUT2D eigenvalue weighted by Crippen LogP contribution is -2.12. The van der Waals surface area contributed by atoms with E-state index in [0.717, 1.165) is 10.0 Å². The van der Waals surface area contributed by atoms with Crippen molar-refractivity contribution in [2.24, 2.45) is 0 Å². The van der Waals surface area contributed by atoms with Gasteiger partial charge in [0.2, 0.25) is 0 Å². The Morgan fingerprint density at radius 2 is 2.07 bits per heavy atom. The zero-order chi connectivity index (χ0) is 9.97. The maximum absolute atomic E-state index is 10.9. The highest BCUT2D eigenvalue weighted by Crippen LogP contribution is 2.24. The standard InChI is InChI=1S/C9H6BrN3O/c10-7-4-2-1-3-6(7)8-5-11-13-9(14)12-8/h1-5H,(H,12,13,14). The van der Waals surface area contributed by atoms with Crippen LogP contribution in [0.3, 0.4) is 0 Å². The summed E-state index contributed by atoms with van der Waals surface area (Å²) in [5, 5.41) is 5.91. The average molecular weight is 252 g/mol. The Hall–Kier alpha value is -1.49. The van der Waals surface area contributed by atoms with E-state index in [2.05, 4.69) is 31.1 Å². The van der Waals surface area contributed by atoms with Crippen molar-refractivity contribution < 1.29 is 0 Å². The van der Waals surface area contributed by atoms with E-state index in [9.17, 15) is 4.79 Å². The van der Waals surface area contributed by atoms with Crippen molar-refractivity contribution in [2.75, 3.05) is 0 Å². The molecule has 5 heteroatoms. The number of nitrogens with zero attached hydrogens (tertiary/aromatic N) is 2. The first-order valence-electron chi connectivity index (χ1n) is 3.94. The molecule has 4 nitrogen and oxygen atoms in total. The minimum absolute atomic E-state index is 0.446. The molecule has 0 saturated heterocycles. The number of rotatable bonds is 1. The molecule has 70 valence electrons. The van der Waals surface area contributed by atoms with Gasteiger partial charge >= 0.3 is 5.69 Å². The average Bonchev–Trinajstić information content (AvgIpc) is 2.18. The lowest BCUT2D eigenvalue weighted by molar-refractivity contribution is 0.918. The van der Waals surface area contributed by atoms with Crippen LogP contribution in [-0.2, 0) is 0 Å². The molecule has 1 aromatic heterocycles. The SMILES string of the molecule is O=c1nc(-c2ccccc2Br)cn[nH]1. The van der Waals surface area contributed by atoms with E-state index in [4.69, 9.17) is 0 Å². The number of halogens is 1. The Bertz CT molecular complexity index is 509. The molecule has 0 fully saturated rings. The molecule has 0 radical (unpaired) electrons. The zero-order valence-electron chi connectivity index (χ0n) is 7.07. The monoisotopic (exact) mass is 251 g/mol. The molecule has 0 saturated carbocycles. The van der Waals surface area contributed by atoms with Gasteiger partial charge in [0, 0.05) is 10.0 Å². The van der Waals surface area contributed by atoms with Crippen molar-refractivity contribution in [3.05, 3.63) is 45.4 Å². The van der Waals surface area contributed by atoms with E-state index in [1.165, 1.54) is 6.20 Å². The Kier molecular flexibility index (Phi) is 2.41. The van der Waals surface area contributed by atoms with Gasteiger partial charge in [0.1, 0.15) is 0 Å². The summed E-state index contributed by atoms with van der Waals surface area (Å²) in [6, 6.07) is 7.53. The van der Waals surface area contributed by atoms with Crippen LogP contribution in [0.1, 0.15) is 0 Å². The maximum Gasteiger partial charge on any atom is 0.361 e. The predicted molar refractivity (Wildman–Crippen MR) is 55.8 cm³/mol. The van der Waals surface area contributed by atoms with E-state index < -0.39 is 5.69 Å². The summed E-state index contributed by atoms with van der Waals surface area (Å²) in [4.78, 5) is 14.7. The molecular weight excluding hydrogens is 246 g/mol. The van der Waals surface area contributed by atoms with Crippen molar-refractivity contribution >= 4 is 15.9 Å². The van der Waals surface area contributed by atoms with Crippen LogP contribution in [0.2, 0.25) is 0 Å². The molecule has 0 aliphatic carbocycles. The van der Waals surface area contributed by atoms with E-state index in [-0.39, 0.29) is 0 Å². The van der Waals surface area contributed by atoms with Gasteiger partial charge in [-0.2, -0.15) is 10.1 Å². The summed E-state index contributed by atoms with van der Waals surface area (Å²) < 4.78 is 0.889. The molecule has 0 aliphatic rings. The van der Waals surface area contributed by atoms with Crippen LogP contribution in [0.4, 0.5) is 0 Å². The Labute approximate surface area is 88.1 Å². The Morgan fingerprint density at radius 3 is 2.79 bits per heavy atom. The highest BCUT2D eigenvalue weighted by Gasteiger charge is 2.03. The van der Waals surface area contributed by atoms with Crippen LogP contribution >= 0.6 is 15.9 Å². The summed E-state index contributed by atoms with van der Waals surface area (Å²) in [6.45, 7) is 0. The molecule has 2 aromatic rings. The molecule has 2 rings (SSSR count). The molecule has 0 amide bonds. The number of H-pyrrole nitrogens is 1. The van der Waals surface area contributed by atoms with Crippen LogP contribution in [0, 0.1) is 0 Å². The largest absolute Gasteiger partial charge is 0.361 e. The van der Waals surface area contributed by atoms with E-state index in [0.29, 0.717) is 5.69 Å². The number of hydrogen-bond donors (Lipinski definition) is 1. The third-order valence-electron chi connectivity index (χ3n) is 1.72. The number of hydrogen-bond acceptors (Lipinski definition) is 3. The van der Waals surface area contributed by atoms with Crippen LogP contribution in [0.5, 0.6) is 0 Å². The molecule has 0 spiro atoms. The third kappa shape index (κ3) is 1.72. The molecule has 1 heterocycles. The van der Waals surface area contributed by atoms with Crippen molar-refractivity contribution in [3.8, 4) is 11.3 Å². The Morgan fingerprint density at radius 1 is 1.29 bits per heavy atom. The molecule has 0 aliphatic heterocycles. The summed E-state index contributed by atoms with van der Waals surface area (Å²) in [5.41, 5.74) is 0.963. The summed E-state index contributed by atoms with van der Waals surface area (Å²) in [5.74, 6) is 0. The predicted octanol–water partition coefficient (Wildman–Crippen LogP) is 1.59. The first-order valence-corrected chi connectivity index (χ1v) is 4.73. The number of aromatic nitrogens is 3. The van der Waals surface area contributed by atoms with Gasteiger partial charge in [0.15, 0.2) is 0 Å². The van der Waals surface area contributed by atoms with Gasteiger partial charge in [-0.1, -0.05) is 34.1 Å². The smallest absolute Gasteiger partial charge is 0.244 e. The fourth-order valence-corrected chi connectivity index (χ4v) is 1.60. The van der Waals surface area contributed by atoms with E-state index in [1.807, 2.05) is 24.3 Å². The fraction of sp³-hybridized carbons (Fsp3) is 0. The normalized spacial score (nSPS) is 10.1. The van der Waals surface area contributed by atoms with Gasteiger partial charge in [-0.25, -0.2) is 9.89 Å². The summed E-state index contributed by atoms with van der Waals surface area (Å²) >= 11 is 3.38. The highest BCUT2D eigenvalue weighted by molar-refractivity contribution is 9.10. The molecule has 14 heavy (non-hydrogen) atoms. The highest BCUT2D eigenvalue weighted by atomic mass is 79.9. The van der Waals surface area contributed by atoms with Crippen LogP contribution in [0.15, 0.2) is 39.7 Å². The minimum Gasteiger partial charge on any atom is -0.244 e. The fourth-order valence-electron chi connectivity index (χ4n) is 1.11. The quantitative estimate of drug-likeness (QED) is 0.838. The molecular formula is C9H6BrN3O. The Balaban J connectivity index is 2.61. The second-order valence-electron chi connectivity index (χ2n) is 2.65. The molecule has 0 atom stereocenters. The van der Waals surface area contributed by atoms with Gasteiger partial charge < -0.3 is 0 Å². The number of aromatic amines is 1. The van der Waals surface area contributed by atoms with Crippen molar-refractivity contribution in [1.29, 1.82) is 0 Å². The van der Waals surface area contributed by atoms with Crippen molar-refractivity contribution in [2.45, 2.75) is 0 Å².